The minimum Gasteiger partial charge on any atom is -0.503 e. The van der Waals surface area contributed by atoms with E-state index in [2.05, 4.69) is 10.3 Å². The molecule has 6 nitrogen and oxygen atoms in total. The lowest BCUT2D eigenvalue weighted by Gasteiger charge is -2.18. The van der Waals surface area contributed by atoms with Crippen molar-refractivity contribution in [1.29, 1.82) is 0 Å². The van der Waals surface area contributed by atoms with Gasteiger partial charge >= 0.3 is 0 Å². The topological polar surface area (TPSA) is 108 Å². The third-order valence-electron chi connectivity index (χ3n) is 5.24. The van der Waals surface area contributed by atoms with Crippen molar-refractivity contribution in [3.05, 3.63) is 59.8 Å². The molecule has 0 unspecified atom stereocenters. The summed E-state index contributed by atoms with van der Waals surface area (Å²) in [6.45, 7) is 0.617. The Hall–Kier alpha value is -3.58. The van der Waals surface area contributed by atoms with E-state index in [9.17, 15) is 15.0 Å². The third kappa shape index (κ3) is 2.78. The van der Waals surface area contributed by atoms with E-state index in [0.29, 0.717) is 23.3 Å². The first-order chi connectivity index (χ1) is 14.0. The number of nitrogen functional groups attached to an aromatic ring is 1. The summed E-state index contributed by atoms with van der Waals surface area (Å²) in [7, 11) is 0. The molecule has 0 saturated carbocycles. The van der Waals surface area contributed by atoms with Crippen LogP contribution in [-0.2, 0) is 6.42 Å². The van der Waals surface area contributed by atoms with Crippen LogP contribution in [0.5, 0.6) is 10.8 Å². The number of thiophene rings is 1. The average Bonchev–Trinajstić information content (AvgIpc) is 3.02. The van der Waals surface area contributed by atoms with Gasteiger partial charge in [-0.2, -0.15) is 0 Å². The van der Waals surface area contributed by atoms with Gasteiger partial charge in [0.2, 0.25) is 5.06 Å². The number of nitrogens with one attached hydrogen (secondary N) is 1. The van der Waals surface area contributed by atoms with Crippen LogP contribution in [0.3, 0.4) is 0 Å². The molecule has 29 heavy (non-hydrogen) atoms. The van der Waals surface area contributed by atoms with E-state index >= 15 is 0 Å². The Morgan fingerprint density at radius 1 is 1.03 bits per heavy atom. The highest BCUT2D eigenvalue weighted by molar-refractivity contribution is 7.21. The highest BCUT2D eigenvalue weighted by Gasteiger charge is 2.19. The maximum atomic E-state index is 12.0. The number of aromatic hydroxyl groups is 2. The lowest BCUT2D eigenvalue weighted by Crippen LogP contribution is -2.31. The minimum absolute atomic E-state index is 0.0583. The molecular formula is C22H17N3O3S. The van der Waals surface area contributed by atoms with Crippen molar-refractivity contribution < 1.29 is 15.0 Å². The van der Waals surface area contributed by atoms with Crippen LogP contribution in [0.2, 0.25) is 0 Å². The van der Waals surface area contributed by atoms with Gasteiger partial charge in [0.15, 0.2) is 5.75 Å². The Morgan fingerprint density at radius 3 is 2.76 bits per heavy atom. The number of rotatable bonds is 2. The van der Waals surface area contributed by atoms with Gasteiger partial charge in [0.05, 0.1) is 0 Å². The van der Waals surface area contributed by atoms with Crippen molar-refractivity contribution in [2.75, 3.05) is 12.3 Å². The zero-order valence-corrected chi connectivity index (χ0v) is 16.1. The van der Waals surface area contributed by atoms with Crippen LogP contribution < -0.4 is 11.1 Å². The number of hydrogen-bond acceptors (Lipinski definition) is 6. The number of benzene rings is 2. The van der Waals surface area contributed by atoms with Crippen LogP contribution >= 0.6 is 11.3 Å². The van der Waals surface area contributed by atoms with Gasteiger partial charge in [0.25, 0.3) is 5.91 Å². The number of anilines is 1. The molecular weight excluding hydrogens is 386 g/mol. The number of nitrogens with two attached hydrogens (primary N) is 1. The number of pyridine rings is 1. The molecule has 2 aromatic carbocycles. The Balaban J connectivity index is 1.67. The van der Waals surface area contributed by atoms with Crippen molar-refractivity contribution in [3.63, 3.8) is 0 Å². The second-order valence-electron chi connectivity index (χ2n) is 6.97. The third-order valence-corrected chi connectivity index (χ3v) is 6.19. The van der Waals surface area contributed by atoms with Crippen molar-refractivity contribution in [3.8, 4) is 33.1 Å². The second kappa shape index (κ2) is 6.49. The van der Waals surface area contributed by atoms with Crippen molar-refractivity contribution in [1.82, 2.24) is 10.3 Å². The monoisotopic (exact) mass is 403 g/mol. The summed E-state index contributed by atoms with van der Waals surface area (Å²) in [5, 5.41) is 23.6. The fourth-order valence-electron chi connectivity index (χ4n) is 3.81. The van der Waals surface area contributed by atoms with E-state index < -0.39 is 0 Å². The number of carbonyl (C=O) groups excluding carboxylic acids is 1. The van der Waals surface area contributed by atoms with E-state index in [4.69, 9.17) is 5.73 Å². The molecule has 5 rings (SSSR count). The first kappa shape index (κ1) is 17.5. The van der Waals surface area contributed by atoms with Crippen LogP contribution in [0.1, 0.15) is 15.9 Å². The van der Waals surface area contributed by atoms with E-state index in [1.807, 2.05) is 42.5 Å². The molecule has 1 aliphatic heterocycles. The summed E-state index contributed by atoms with van der Waals surface area (Å²) < 4.78 is 0.788. The highest BCUT2D eigenvalue weighted by Crippen LogP contribution is 2.46. The second-order valence-corrected chi connectivity index (χ2v) is 8.00. The zero-order valence-electron chi connectivity index (χ0n) is 15.3. The normalized spacial score (nSPS) is 13.3. The molecule has 0 atom stereocenters. The van der Waals surface area contributed by atoms with Crippen LogP contribution in [0, 0.1) is 0 Å². The van der Waals surface area contributed by atoms with E-state index in [-0.39, 0.29) is 16.7 Å². The molecule has 3 heterocycles. The minimum atomic E-state index is -0.126. The molecule has 0 saturated heterocycles. The van der Waals surface area contributed by atoms with Crippen molar-refractivity contribution in [2.24, 2.45) is 0 Å². The quantitative estimate of drug-likeness (QED) is 0.406. The maximum absolute atomic E-state index is 12.0. The number of hydrogen-bond donors (Lipinski definition) is 4. The van der Waals surface area contributed by atoms with Gasteiger partial charge in [0.1, 0.15) is 5.82 Å². The van der Waals surface area contributed by atoms with Crippen molar-refractivity contribution >= 4 is 33.1 Å². The molecule has 0 fully saturated rings. The molecule has 4 aromatic rings. The molecule has 5 N–H and O–H groups in total. The predicted molar refractivity (Wildman–Crippen MR) is 114 cm³/mol. The lowest BCUT2D eigenvalue weighted by molar-refractivity contribution is 0.0946. The first-order valence-corrected chi connectivity index (χ1v) is 9.95. The van der Waals surface area contributed by atoms with Crippen LogP contribution in [0.15, 0.2) is 48.7 Å². The summed E-state index contributed by atoms with van der Waals surface area (Å²) in [5.41, 5.74) is 11.0. The smallest absolute Gasteiger partial charge is 0.251 e. The number of aromatic nitrogens is 1. The molecule has 2 aromatic heterocycles. The fourth-order valence-corrected chi connectivity index (χ4v) is 4.67. The Labute approximate surface area is 170 Å². The molecule has 0 aliphatic carbocycles. The zero-order chi connectivity index (χ0) is 20.1. The Kier molecular flexibility index (Phi) is 3.92. The van der Waals surface area contributed by atoms with Crippen LogP contribution in [0.4, 0.5) is 5.82 Å². The lowest BCUT2D eigenvalue weighted by atomic mass is 9.93. The van der Waals surface area contributed by atoms with Crippen LogP contribution in [-0.4, -0.2) is 27.6 Å². The van der Waals surface area contributed by atoms with E-state index in [1.54, 1.807) is 6.20 Å². The SMILES string of the molecule is Nc1ncc(-c2cccc3sc(O)c(O)c23)cc1-c1ccc2c(c1)CCNC2=O. The van der Waals surface area contributed by atoms with Gasteiger partial charge in [0, 0.05) is 39.5 Å². The van der Waals surface area contributed by atoms with Gasteiger partial charge in [-0.1, -0.05) is 35.6 Å². The van der Waals surface area contributed by atoms with Gasteiger partial charge in [-0.25, -0.2) is 4.98 Å². The highest BCUT2D eigenvalue weighted by atomic mass is 32.1. The fraction of sp³-hybridized carbons (Fsp3) is 0.0909. The molecule has 144 valence electrons. The van der Waals surface area contributed by atoms with Gasteiger partial charge in [-0.15, -0.1) is 0 Å². The molecule has 0 spiro atoms. The Bertz CT molecular complexity index is 1300. The standard InChI is InChI=1S/C22H17N3O3S/c23-20-16(11-4-5-15-12(8-11)6-7-24-21(15)27)9-13(10-25-20)14-2-1-3-17-18(14)19(26)22(28)29-17/h1-5,8-10,26,28H,6-7H2,(H2,23,25)(H,24,27). The summed E-state index contributed by atoms with van der Waals surface area (Å²) >= 11 is 1.13. The predicted octanol–water partition coefficient (Wildman–Crippen LogP) is 3.91. The summed E-state index contributed by atoms with van der Waals surface area (Å²) in [6, 6.07) is 13.2. The Morgan fingerprint density at radius 2 is 1.90 bits per heavy atom. The van der Waals surface area contributed by atoms with E-state index in [1.165, 1.54) is 0 Å². The summed E-state index contributed by atoms with van der Waals surface area (Å²) in [6.07, 6.45) is 2.43. The maximum Gasteiger partial charge on any atom is 0.251 e. The number of fused-ring (bicyclic) bond motifs is 2. The van der Waals surface area contributed by atoms with Gasteiger partial charge < -0.3 is 21.3 Å². The first-order valence-electron chi connectivity index (χ1n) is 9.14. The van der Waals surface area contributed by atoms with Gasteiger partial charge in [-0.3, -0.25) is 4.79 Å². The average molecular weight is 403 g/mol. The number of amides is 1. The molecule has 1 aliphatic rings. The molecule has 7 heteroatoms. The molecule has 0 radical (unpaired) electrons. The van der Waals surface area contributed by atoms with Crippen molar-refractivity contribution in [2.45, 2.75) is 6.42 Å². The summed E-state index contributed by atoms with van der Waals surface area (Å²) in [4.78, 5) is 16.4. The number of carbonyl (C=O) groups is 1. The summed E-state index contributed by atoms with van der Waals surface area (Å²) in [5.74, 6) is 0.203. The molecule has 0 bridgehead atoms. The van der Waals surface area contributed by atoms with E-state index in [0.717, 1.165) is 50.3 Å². The van der Waals surface area contributed by atoms with Crippen LogP contribution in [0.25, 0.3) is 32.3 Å². The number of nitrogens with zero attached hydrogens (tertiary/aromatic N) is 1. The largest absolute Gasteiger partial charge is 0.503 e. The van der Waals surface area contributed by atoms with Gasteiger partial charge in [-0.05, 0) is 41.3 Å². The molecule has 1 amide bonds.